The Morgan fingerprint density at radius 1 is 1.53 bits per heavy atom. The minimum absolute atomic E-state index is 0.554. The van der Waals surface area contributed by atoms with Gasteiger partial charge in [0.15, 0.2) is 11.5 Å². The highest BCUT2D eigenvalue weighted by molar-refractivity contribution is 7.99. The first-order chi connectivity index (χ1) is 8.35. The molecule has 17 heavy (non-hydrogen) atoms. The molecule has 1 atom stereocenters. The van der Waals surface area contributed by atoms with Crippen LogP contribution < -0.4 is 5.73 Å². The lowest BCUT2D eigenvalue weighted by Crippen LogP contribution is -2.04. The molecular weight excluding hydrogens is 232 g/mol. The van der Waals surface area contributed by atoms with E-state index in [1.807, 2.05) is 34.6 Å². The van der Waals surface area contributed by atoms with E-state index in [-0.39, 0.29) is 0 Å². The van der Waals surface area contributed by atoms with Crippen LogP contribution >= 0.6 is 11.8 Å². The lowest BCUT2D eigenvalue weighted by Gasteiger charge is -2.02. The van der Waals surface area contributed by atoms with Gasteiger partial charge in [0, 0.05) is 19.2 Å². The van der Waals surface area contributed by atoms with Crippen LogP contribution in [0.4, 0.5) is 0 Å². The molecule has 1 saturated heterocycles. The summed E-state index contributed by atoms with van der Waals surface area (Å²) >= 11 is 2.04. The molecule has 1 aliphatic rings. The third kappa shape index (κ3) is 2.30. The fraction of sp³-hybridized carbons (Fsp3) is 0.500. The topological polar surface area (TPSA) is 56.2 Å². The zero-order chi connectivity index (χ0) is 11.7. The molecule has 0 radical (unpaired) electrons. The third-order valence-electron chi connectivity index (χ3n) is 3.18. The molecule has 1 aliphatic heterocycles. The quantitative estimate of drug-likeness (QED) is 0.894. The van der Waals surface area contributed by atoms with Crippen LogP contribution in [0, 0.1) is 5.92 Å². The monoisotopic (exact) mass is 248 g/mol. The number of thioether (sulfide) groups is 1. The van der Waals surface area contributed by atoms with Gasteiger partial charge >= 0.3 is 0 Å². The predicted molar refractivity (Wildman–Crippen MR) is 70.0 cm³/mol. The molecule has 3 rings (SSSR count). The van der Waals surface area contributed by atoms with Gasteiger partial charge in [0.1, 0.15) is 0 Å². The van der Waals surface area contributed by atoms with Crippen molar-refractivity contribution in [3.8, 4) is 0 Å². The molecule has 1 fully saturated rings. The first kappa shape index (κ1) is 11.0. The second-order valence-corrected chi connectivity index (χ2v) is 5.65. The summed E-state index contributed by atoms with van der Waals surface area (Å²) in [5.41, 5.74) is 7.63. The Labute approximate surface area is 105 Å². The number of rotatable bonds is 3. The van der Waals surface area contributed by atoms with Crippen molar-refractivity contribution in [3.05, 3.63) is 29.7 Å². The molecule has 90 valence electrons. The average molecular weight is 248 g/mol. The molecule has 3 heterocycles. The van der Waals surface area contributed by atoms with Gasteiger partial charge in [0.25, 0.3) is 0 Å². The van der Waals surface area contributed by atoms with Crippen LogP contribution in [-0.2, 0) is 13.0 Å². The van der Waals surface area contributed by atoms with Crippen molar-refractivity contribution in [2.75, 3.05) is 11.5 Å². The van der Waals surface area contributed by atoms with Crippen molar-refractivity contribution in [3.63, 3.8) is 0 Å². The van der Waals surface area contributed by atoms with Gasteiger partial charge in [-0.2, -0.15) is 16.9 Å². The van der Waals surface area contributed by atoms with Gasteiger partial charge in [0.2, 0.25) is 0 Å². The molecular formula is C12H16N4S. The molecule has 0 saturated carbocycles. The maximum Gasteiger partial charge on any atom is 0.155 e. The number of pyridine rings is 1. The fourth-order valence-corrected chi connectivity index (χ4v) is 3.47. The first-order valence-electron chi connectivity index (χ1n) is 5.97. The maximum atomic E-state index is 5.62. The Bertz CT molecular complexity index is 516. The molecule has 0 bridgehead atoms. The van der Waals surface area contributed by atoms with Crippen molar-refractivity contribution in [1.82, 2.24) is 14.6 Å². The second-order valence-electron chi connectivity index (χ2n) is 4.50. The van der Waals surface area contributed by atoms with Crippen LogP contribution in [0.3, 0.4) is 0 Å². The largest absolute Gasteiger partial charge is 0.326 e. The summed E-state index contributed by atoms with van der Waals surface area (Å²) in [4.78, 5) is 4.57. The SMILES string of the molecule is NCc1ccn2nc(CC3CCSC3)nc2c1. The van der Waals surface area contributed by atoms with Gasteiger partial charge in [-0.25, -0.2) is 9.50 Å². The van der Waals surface area contributed by atoms with E-state index in [4.69, 9.17) is 5.73 Å². The normalized spacial score (nSPS) is 20.2. The third-order valence-corrected chi connectivity index (χ3v) is 4.41. The molecule has 1 unspecified atom stereocenters. The minimum Gasteiger partial charge on any atom is -0.326 e. The van der Waals surface area contributed by atoms with Crippen molar-refractivity contribution >= 4 is 17.4 Å². The molecule has 5 heteroatoms. The van der Waals surface area contributed by atoms with Crippen LogP contribution in [0.5, 0.6) is 0 Å². The van der Waals surface area contributed by atoms with Crippen molar-refractivity contribution in [2.24, 2.45) is 11.7 Å². The number of fused-ring (bicyclic) bond motifs is 1. The van der Waals surface area contributed by atoms with Gasteiger partial charge in [-0.1, -0.05) is 0 Å². The molecule has 0 spiro atoms. The maximum absolute atomic E-state index is 5.62. The minimum atomic E-state index is 0.554. The highest BCUT2D eigenvalue weighted by Crippen LogP contribution is 2.25. The average Bonchev–Trinajstić information content (AvgIpc) is 2.96. The molecule has 4 nitrogen and oxygen atoms in total. The van der Waals surface area contributed by atoms with Gasteiger partial charge < -0.3 is 5.73 Å². The highest BCUT2D eigenvalue weighted by atomic mass is 32.2. The van der Waals surface area contributed by atoms with Crippen LogP contribution in [0.15, 0.2) is 18.3 Å². The van der Waals surface area contributed by atoms with E-state index in [9.17, 15) is 0 Å². The Morgan fingerprint density at radius 2 is 2.47 bits per heavy atom. The zero-order valence-electron chi connectivity index (χ0n) is 9.67. The Kier molecular flexibility index (Phi) is 3.03. The lowest BCUT2D eigenvalue weighted by molar-refractivity contribution is 0.575. The van der Waals surface area contributed by atoms with E-state index >= 15 is 0 Å². The van der Waals surface area contributed by atoms with Crippen LogP contribution in [0.1, 0.15) is 17.8 Å². The lowest BCUT2D eigenvalue weighted by atomic mass is 10.1. The summed E-state index contributed by atoms with van der Waals surface area (Å²) in [6, 6.07) is 4.01. The van der Waals surface area contributed by atoms with Crippen molar-refractivity contribution in [1.29, 1.82) is 0 Å². The second kappa shape index (κ2) is 4.66. The summed E-state index contributed by atoms with van der Waals surface area (Å²) in [5, 5.41) is 4.51. The van der Waals surface area contributed by atoms with Crippen LogP contribution in [0.2, 0.25) is 0 Å². The van der Waals surface area contributed by atoms with Gasteiger partial charge in [-0.05, 0) is 41.5 Å². The number of nitrogens with zero attached hydrogens (tertiary/aromatic N) is 3. The highest BCUT2D eigenvalue weighted by Gasteiger charge is 2.18. The van der Waals surface area contributed by atoms with E-state index in [0.29, 0.717) is 6.54 Å². The van der Waals surface area contributed by atoms with E-state index in [1.54, 1.807) is 0 Å². The number of nitrogens with two attached hydrogens (primary N) is 1. The van der Waals surface area contributed by atoms with E-state index in [1.165, 1.54) is 17.9 Å². The fourth-order valence-electron chi connectivity index (χ4n) is 2.19. The number of hydrogen-bond donors (Lipinski definition) is 1. The smallest absolute Gasteiger partial charge is 0.155 e. The molecule has 0 aromatic carbocycles. The molecule has 0 aliphatic carbocycles. The first-order valence-corrected chi connectivity index (χ1v) is 7.12. The van der Waals surface area contributed by atoms with E-state index in [2.05, 4.69) is 10.1 Å². The summed E-state index contributed by atoms with van der Waals surface area (Å²) in [5.74, 6) is 4.26. The molecule has 0 amide bonds. The van der Waals surface area contributed by atoms with Crippen LogP contribution in [-0.4, -0.2) is 26.1 Å². The number of aromatic nitrogens is 3. The van der Waals surface area contributed by atoms with Gasteiger partial charge in [-0.3, -0.25) is 0 Å². The van der Waals surface area contributed by atoms with Crippen molar-refractivity contribution < 1.29 is 0 Å². The zero-order valence-corrected chi connectivity index (χ0v) is 10.5. The molecule has 2 aromatic heterocycles. The van der Waals surface area contributed by atoms with Crippen molar-refractivity contribution in [2.45, 2.75) is 19.4 Å². The Morgan fingerprint density at radius 3 is 3.24 bits per heavy atom. The predicted octanol–water partition coefficient (Wildman–Crippen LogP) is 1.48. The summed E-state index contributed by atoms with van der Waals surface area (Å²) in [7, 11) is 0. The molecule has 2 N–H and O–H groups in total. The Hall–Kier alpha value is -1.07. The van der Waals surface area contributed by atoms with E-state index < -0.39 is 0 Å². The summed E-state index contributed by atoms with van der Waals surface area (Å²) in [6.45, 7) is 0.554. The Balaban J connectivity index is 1.85. The van der Waals surface area contributed by atoms with Crippen LogP contribution in [0.25, 0.3) is 5.65 Å². The number of hydrogen-bond acceptors (Lipinski definition) is 4. The van der Waals surface area contributed by atoms with Gasteiger partial charge in [0.05, 0.1) is 0 Å². The molecule has 2 aromatic rings. The van der Waals surface area contributed by atoms with E-state index in [0.717, 1.165) is 29.4 Å². The summed E-state index contributed by atoms with van der Waals surface area (Å²) in [6.07, 6.45) is 4.25. The summed E-state index contributed by atoms with van der Waals surface area (Å²) < 4.78 is 1.84. The standard InChI is InChI=1S/C12H16N4S/c13-7-9-1-3-16-12(6-9)14-11(15-16)5-10-2-4-17-8-10/h1,3,6,10H,2,4-5,7-8,13H2. The van der Waals surface area contributed by atoms with Gasteiger partial charge in [-0.15, -0.1) is 0 Å².